The van der Waals surface area contributed by atoms with E-state index in [1.165, 1.54) is 19.3 Å². The summed E-state index contributed by atoms with van der Waals surface area (Å²) in [6.07, 6.45) is 4.47. The van der Waals surface area contributed by atoms with Gasteiger partial charge < -0.3 is 9.16 Å². The SMILES string of the molecule is CCO[Si](C)CCOC1CC(C)CCC1C(C)C. The Labute approximate surface area is 115 Å². The topological polar surface area (TPSA) is 18.5 Å². The third-order valence-electron chi connectivity index (χ3n) is 4.14. The molecule has 2 nitrogen and oxygen atoms in total. The van der Waals surface area contributed by atoms with Crippen molar-refractivity contribution in [1.82, 2.24) is 0 Å². The first-order valence-electron chi connectivity index (χ1n) is 7.61. The van der Waals surface area contributed by atoms with Gasteiger partial charge in [0.2, 0.25) is 9.04 Å². The molecule has 1 aliphatic rings. The van der Waals surface area contributed by atoms with Crippen molar-refractivity contribution in [3.8, 4) is 0 Å². The first kappa shape index (κ1) is 16.2. The summed E-state index contributed by atoms with van der Waals surface area (Å²) in [5.41, 5.74) is 0. The van der Waals surface area contributed by atoms with Crippen molar-refractivity contribution in [2.75, 3.05) is 13.2 Å². The number of hydrogen-bond donors (Lipinski definition) is 0. The summed E-state index contributed by atoms with van der Waals surface area (Å²) < 4.78 is 11.8. The summed E-state index contributed by atoms with van der Waals surface area (Å²) >= 11 is 0. The fourth-order valence-electron chi connectivity index (χ4n) is 2.98. The molecular weight excluding hydrogens is 240 g/mol. The van der Waals surface area contributed by atoms with Gasteiger partial charge in [-0.1, -0.05) is 27.2 Å². The molecule has 0 saturated heterocycles. The lowest BCUT2D eigenvalue weighted by Gasteiger charge is -2.37. The van der Waals surface area contributed by atoms with Crippen LogP contribution in [0.15, 0.2) is 0 Å². The summed E-state index contributed by atoms with van der Waals surface area (Å²) in [6.45, 7) is 13.1. The van der Waals surface area contributed by atoms with E-state index in [0.29, 0.717) is 6.10 Å². The summed E-state index contributed by atoms with van der Waals surface area (Å²) in [5, 5.41) is 0. The van der Waals surface area contributed by atoms with Gasteiger partial charge in [-0.2, -0.15) is 0 Å². The molecule has 0 spiro atoms. The summed E-state index contributed by atoms with van der Waals surface area (Å²) in [7, 11) is -0.616. The van der Waals surface area contributed by atoms with Gasteiger partial charge >= 0.3 is 0 Å². The highest BCUT2D eigenvalue weighted by Gasteiger charge is 2.31. The highest BCUT2D eigenvalue weighted by atomic mass is 28.3. The van der Waals surface area contributed by atoms with Crippen LogP contribution in [-0.4, -0.2) is 28.4 Å². The van der Waals surface area contributed by atoms with E-state index < -0.39 is 9.04 Å². The number of rotatable bonds is 7. The van der Waals surface area contributed by atoms with Crippen LogP contribution in [0.2, 0.25) is 12.6 Å². The van der Waals surface area contributed by atoms with E-state index in [4.69, 9.17) is 9.16 Å². The van der Waals surface area contributed by atoms with Crippen LogP contribution in [0, 0.1) is 17.8 Å². The highest BCUT2D eigenvalue weighted by Crippen LogP contribution is 2.35. The zero-order valence-corrected chi connectivity index (χ0v) is 13.9. The lowest BCUT2D eigenvalue weighted by atomic mass is 9.75. The van der Waals surface area contributed by atoms with Gasteiger partial charge in [-0.25, -0.2) is 0 Å². The molecule has 0 aromatic heterocycles. The monoisotopic (exact) mass is 271 g/mol. The van der Waals surface area contributed by atoms with Gasteiger partial charge in [-0.15, -0.1) is 0 Å². The fraction of sp³-hybridized carbons (Fsp3) is 1.00. The second-order valence-corrected chi connectivity index (χ2v) is 8.31. The van der Waals surface area contributed by atoms with Crippen LogP contribution in [0.3, 0.4) is 0 Å². The van der Waals surface area contributed by atoms with E-state index >= 15 is 0 Å². The molecule has 0 aromatic rings. The Hall–Kier alpha value is 0.137. The van der Waals surface area contributed by atoms with Crippen LogP contribution >= 0.6 is 0 Å². The molecule has 3 unspecified atom stereocenters. The third kappa shape index (κ3) is 5.41. The predicted octanol–water partition coefficient (Wildman–Crippen LogP) is 4.12. The van der Waals surface area contributed by atoms with Crippen LogP contribution < -0.4 is 0 Å². The summed E-state index contributed by atoms with van der Waals surface area (Å²) in [4.78, 5) is 0. The molecule has 1 saturated carbocycles. The van der Waals surface area contributed by atoms with Crippen molar-refractivity contribution >= 4 is 9.04 Å². The van der Waals surface area contributed by atoms with Gasteiger partial charge in [0.15, 0.2) is 0 Å². The molecule has 0 aromatic carbocycles. The van der Waals surface area contributed by atoms with Crippen LogP contribution in [0.1, 0.15) is 47.0 Å². The molecule has 3 heteroatoms. The van der Waals surface area contributed by atoms with Gasteiger partial charge in [0.1, 0.15) is 0 Å². The molecule has 107 valence electrons. The molecule has 0 amide bonds. The van der Waals surface area contributed by atoms with Crippen molar-refractivity contribution in [2.45, 2.75) is 65.7 Å². The maximum absolute atomic E-state index is 6.19. The summed E-state index contributed by atoms with van der Waals surface area (Å²) in [6, 6.07) is 1.12. The zero-order chi connectivity index (χ0) is 13.5. The standard InChI is InChI=1S/C15H31O2Si/c1-6-17-18(5)10-9-16-15-11-13(4)7-8-14(15)12(2)3/h12-15H,6-11H2,1-5H3. The second-order valence-electron chi connectivity index (χ2n) is 6.12. The maximum atomic E-state index is 6.19. The Morgan fingerprint density at radius 2 is 2.00 bits per heavy atom. The Morgan fingerprint density at radius 1 is 1.28 bits per heavy atom. The first-order chi connectivity index (χ1) is 8.54. The molecule has 1 radical (unpaired) electrons. The van der Waals surface area contributed by atoms with E-state index in [-0.39, 0.29) is 0 Å². The quantitative estimate of drug-likeness (QED) is 0.648. The molecule has 0 N–H and O–H groups in total. The average molecular weight is 271 g/mol. The normalized spacial score (nSPS) is 29.2. The Morgan fingerprint density at radius 3 is 2.61 bits per heavy atom. The molecule has 18 heavy (non-hydrogen) atoms. The predicted molar refractivity (Wildman–Crippen MR) is 79.1 cm³/mol. The summed E-state index contributed by atoms with van der Waals surface area (Å²) in [5.74, 6) is 2.35. The highest BCUT2D eigenvalue weighted by molar-refractivity contribution is 6.50. The molecule has 0 bridgehead atoms. The minimum absolute atomic E-state index is 0.491. The number of hydrogen-bond acceptors (Lipinski definition) is 2. The molecule has 0 aliphatic heterocycles. The lowest BCUT2D eigenvalue weighted by molar-refractivity contribution is -0.0334. The Balaban J connectivity index is 2.32. The largest absolute Gasteiger partial charge is 0.417 e. The van der Waals surface area contributed by atoms with Crippen molar-refractivity contribution in [3.63, 3.8) is 0 Å². The van der Waals surface area contributed by atoms with Crippen molar-refractivity contribution in [3.05, 3.63) is 0 Å². The number of ether oxygens (including phenoxy) is 1. The van der Waals surface area contributed by atoms with Gasteiger partial charge in [0, 0.05) is 13.2 Å². The van der Waals surface area contributed by atoms with Crippen LogP contribution in [-0.2, 0) is 9.16 Å². The van der Waals surface area contributed by atoms with E-state index in [2.05, 4.69) is 34.2 Å². The average Bonchev–Trinajstić information content (AvgIpc) is 2.29. The molecule has 1 aliphatic carbocycles. The van der Waals surface area contributed by atoms with Gasteiger partial charge in [0.25, 0.3) is 0 Å². The molecular formula is C15H31O2Si. The first-order valence-corrected chi connectivity index (χ1v) is 9.72. The lowest BCUT2D eigenvalue weighted by Crippen LogP contribution is -2.35. The minimum Gasteiger partial charge on any atom is -0.417 e. The van der Waals surface area contributed by atoms with Crippen LogP contribution in [0.4, 0.5) is 0 Å². The van der Waals surface area contributed by atoms with Gasteiger partial charge in [-0.3, -0.25) is 0 Å². The molecule has 1 fully saturated rings. The smallest absolute Gasteiger partial charge is 0.210 e. The molecule has 3 atom stereocenters. The fourth-order valence-corrected chi connectivity index (χ4v) is 4.02. The third-order valence-corrected chi connectivity index (χ3v) is 5.83. The Kier molecular flexibility index (Phi) is 7.50. The van der Waals surface area contributed by atoms with Crippen LogP contribution in [0.5, 0.6) is 0 Å². The Bertz CT molecular complexity index is 221. The maximum Gasteiger partial charge on any atom is 0.210 e. The van der Waals surface area contributed by atoms with Gasteiger partial charge in [0.05, 0.1) is 6.10 Å². The van der Waals surface area contributed by atoms with E-state index in [1.807, 2.05) is 0 Å². The van der Waals surface area contributed by atoms with Crippen LogP contribution in [0.25, 0.3) is 0 Å². The molecule has 0 heterocycles. The molecule has 1 rings (SSSR count). The van der Waals surface area contributed by atoms with E-state index in [0.717, 1.165) is 37.0 Å². The van der Waals surface area contributed by atoms with Crippen molar-refractivity contribution in [1.29, 1.82) is 0 Å². The van der Waals surface area contributed by atoms with Crippen molar-refractivity contribution in [2.24, 2.45) is 17.8 Å². The minimum atomic E-state index is -0.616. The second kappa shape index (κ2) is 8.34. The van der Waals surface area contributed by atoms with E-state index in [9.17, 15) is 0 Å². The zero-order valence-electron chi connectivity index (χ0n) is 12.9. The van der Waals surface area contributed by atoms with Crippen molar-refractivity contribution < 1.29 is 9.16 Å². The van der Waals surface area contributed by atoms with E-state index in [1.54, 1.807) is 0 Å². The van der Waals surface area contributed by atoms with Gasteiger partial charge in [-0.05, 0) is 50.1 Å².